The van der Waals surface area contributed by atoms with Crippen molar-refractivity contribution in [2.24, 2.45) is 0 Å². The predicted octanol–water partition coefficient (Wildman–Crippen LogP) is 4.35. The highest BCUT2D eigenvalue weighted by atomic mass is 32.2. The molecule has 4 nitrogen and oxygen atoms in total. The van der Waals surface area contributed by atoms with Gasteiger partial charge in [-0.1, -0.05) is 42.5 Å². The highest BCUT2D eigenvalue weighted by Crippen LogP contribution is 2.31. The summed E-state index contributed by atoms with van der Waals surface area (Å²) in [5.41, 5.74) is 4.51. The third-order valence-corrected chi connectivity index (χ3v) is 6.19. The molecule has 28 heavy (non-hydrogen) atoms. The zero-order valence-corrected chi connectivity index (χ0v) is 16.4. The van der Waals surface area contributed by atoms with Gasteiger partial charge < -0.3 is 4.90 Å². The van der Waals surface area contributed by atoms with Gasteiger partial charge in [-0.3, -0.25) is 4.79 Å². The first-order valence-corrected chi connectivity index (χ1v) is 11.1. The van der Waals surface area contributed by atoms with Gasteiger partial charge in [0.1, 0.15) is 0 Å². The summed E-state index contributed by atoms with van der Waals surface area (Å²) in [6, 6.07) is 22.7. The molecule has 0 fully saturated rings. The molecule has 5 heteroatoms. The Kier molecular flexibility index (Phi) is 4.77. The second-order valence-electron chi connectivity index (χ2n) is 7.07. The number of fused-ring (bicyclic) bond motifs is 1. The Morgan fingerprint density at radius 3 is 2.25 bits per heavy atom. The fourth-order valence-corrected chi connectivity index (χ4v) is 4.28. The van der Waals surface area contributed by atoms with Gasteiger partial charge in [0, 0.05) is 24.1 Å². The molecule has 0 aliphatic carbocycles. The van der Waals surface area contributed by atoms with E-state index in [1.807, 2.05) is 54.6 Å². The number of nitrogens with zero attached hydrogens (tertiary/aromatic N) is 1. The van der Waals surface area contributed by atoms with Crippen molar-refractivity contribution >= 4 is 21.4 Å². The lowest BCUT2D eigenvalue weighted by Gasteiger charge is -2.30. The third kappa shape index (κ3) is 3.58. The lowest BCUT2D eigenvalue weighted by Crippen LogP contribution is -2.35. The SMILES string of the molecule is CS(=O)(=O)c1ccc2c(c1)CCCN2C(=O)c1ccc(-c2ccccc2)cc1. The average Bonchev–Trinajstić information content (AvgIpc) is 2.72. The maximum Gasteiger partial charge on any atom is 0.258 e. The van der Waals surface area contributed by atoms with Crippen LogP contribution in [0.25, 0.3) is 11.1 Å². The number of benzene rings is 3. The van der Waals surface area contributed by atoms with Crippen molar-refractivity contribution < 1.29 is 13.2 Å². The molecule has 3 aromatic rings. The highest BCUT2D eigenvalue weighted by Gasteiger charge is 2.24. The molecule has 0 saturated carbocycles. The smallest absolute Gasteiger partial charge is 0.258 e. The molecule has 0 spiro atoms. The van der Waals surface area contributed by atoms with Crippen molar-refractivity contribution in [2.45, 2.75) is 17.7 Å². The zero-order chi connectivity index (χ0) is 19.7. The molecule has 0 radical (unpaired) electrons. The molecule has 0 unspecified atom stereocenters. The number of aryl methyl sites for hydroxylation is 1. The molecule has 3 aromatic carbocycles. The van der Waals surface area contributed by atoms with Gasteiger partial charge in [-0.05, 0) is 59.9 Å². The molecule has 4 rings (SSSR count). The molecule has 1 amide bonds. The van der Waals surface area contributed by atoms with Gasteiger partial charge in [0.15, 0.2) is 9.84 Å². The van der Waals surface area contributed by atoms with E-state index in [0.29, 0.717) is 17.0 Å². The van der Waals surface area contributed by atoms with Gasteiger partial charge in [-0.25, -0.2) is 8.42 Å². The van der Waals surface area contributed by atoms with Crippen molar-refractivity contribution in [1.29, 1.82) is 0 Å². The summed E-state index contributed by atoms with van der Waals surface area (Å²) in [6.07, 6.45) is 2.79. The monoisotopic (exact) mass is 391 g/mol. The average molecular weight is 391 g/mol. The van der Waals surface area contributed by atoms with E-state index in [1.54, 1.807) is 23.1 Å². The number of hydrogen-bond donors (Lipinski definition) is 0. The van der Waals surface area contributed by atoms with Crippen LogP contribution in [0.3, 0.4) is 0 Å². The maximum atomic E-state index is 13.1. The first kappa shape index (κ1) is 18.4. The Balaban J connectivity index is 1.63. The Morgan fingerprint density at radius 2 is 1.57 bits per heavy atom. The van der Waals surface area contributed by atoms with Crippen molar-refractivity contribution in [3.8, 4) is 11.1 Å². The highest BCUT2D eigenvalue weighted by molar-refractivity contribution is 7.90. The Hall–Kier alpha value is -2.92. The van der Waals surface area contributed by atoms with Crippen LogP contribution in [-0.4, -0.2) is 27.1 Å². The molecule has 0 bridgehead atoms. The van der Waals surface area contributed by atoms with E-state index in [4.69, 9.17) is 0 Å². The summed E-state index contributed by atoms with van der Waals surface area (Å²) >= 11 is 0. The van der Waals surface area contributed by atoms with Crippen molar-refractivity contribution in [3.63, 3.8) is 0 Å². The van der Waals surface area contributed by atoms with Crippen LogP contribution in [0.4, 0.5) is 5.69 Å². The summed E-state index contributed by atoms with van der Waals surface area (Å²) in [4.78, 5) is 15.2. The number of hydrogen-bond acceptors (Lipinski definition) is 3. The normalized spacial score (nSPS) is 13.8. The molecule has 142 valence electrons. The second kappa shape index (κ2) is 7.24. The fraction of sp³-hybridized carbons (Fsp3) is 0.174. The number of amides is 1. The quantitative estimate of drug-likeness (QED) is 0.667. The van der Waals surface area contributed by atoms with E-state index in [9.17, 15) is 13.2 Å². The van der Waals surface area contributed by atoms with Crippen molar-refractivity contribution in [1.82, 2.24) is 0 Å². The number of sulfone groups is 1. The number of carbonyl (C=O) groups is 1. The topological polar surface area (TPSA) is 54.5 Å². The van der Waals surface area contributed by atoms with Crippen LogP contribution in [-0.2, 0) is 16.3 Å². The fourth-order valence-electron chi connectivity index (χ4n) is 3.61. The van der Waals surface area contributed by atoms with Gasteiger partial charge >= 0.3 is 0 Å². The van der Waals surface area contributed by atoms with E-state index >= 15 is 0 Å². The van der Waals surface area contributed by atoms with Gasteiger partial charge in [-0.15, -0.1) is 0 Å². The van der Waals surface area contributed by atoms with Crippen LogP contribution >= 0.6 is 0 Å². The van der Waals surface area contributed by atoms with Gasteiger partial charge in [0.05, 0.1) is 4.90 Å². The van der Waals surface area contributed by atoms with Crippen LogP contribution in [0, 0.1) is 0 Å². The number of carbonyl (C=O) groups excluding carboxylic acids is 1. The van der Waals surface area contributed by atoms with Crippen LogP contribution in [0.5, 0.6) is 0 Å². The summed E-state index contributed by atoms with van der Waals surface area (Å²) in [7, 11) is -3.26. The van der Waals surface area contributed by atoms with E-state index in [1.165, 1.54) is 6.26 Å². The van der Waals surface area contributed by atoms with E-state index in [2.05, 4.69) is 0 Å². The minimum atomic E-state index is -3.26. The van der Waals surface area contributed by atoms with Crippen LogP contribution < -0.4 is 4.90 Å². The van der Waals surface area contributed by atoms with Crippen LogP contribution in [0.2, 0.25) is 0 Å². The summed E-state index contributed by atoms with van der Waals surface area (Å²) in [5, 5.41) is 0. The molecular weight excluding hydrogens is 370 g/mol. The van der Waals surface area contributed by atoms with E-state index in [0.717, 1.165) is 35.2 Å². The van der Waals surface area contributed by atoms with Crippen molar-refractivity contribution in [3.05, 3.63) is 83.9 Å². The third-order valence-electron chi connectivity index (χ3n) is 5.08. The minimum absolute atomic E-state index is 0.0623. The summed E-state index contributed by atoms with van der Waals surface area (Å²) in [5.74, 6) is -0.0623. The molecule has 0 atom stereocenters. The van der Waals surface area contributed by atoms with Gasteiger partial charge in [-0.2, -0.15) is 0 Å². The van der Waals surface area contributed by atoms with Crippen LogP contribution in [0.15, 0.2) is 77.7 Å². The maximum absolute atomic E-state index is 13.1. The van der Waals surface area contributed by atoms with Gasteiger partial charge in [0.2, 0.25) is 0 Å². The number of rotatable bonds is 3. The molecule has 1 aliphatic rings. The summed E-state index contributed by atoms with van der Waals surface area (Å²) < 4.78 is 23.6. The summed E-state index contributed by atoms with van der Waals surface area (Å²) in [6.45, 7) is 0.629. The first-order valence-electron chi connectivity index (χ1n) is 9.24. The Labute approximate surface area is 165 Å². The molecular formula is C23H21NO3S. The van der Waals surface area contributed by atoms with E-state index < -0.39 is 9.84 Å². The first-order chi connectivity index (χ1) is 13.4. The zero-order valence-electron chi connectivity index (χ0n) is 15.6. The van der Waals surface area contributed by atoms with Gasteiger partial charge in [0.25, 0.3) is 5.91 Å². The van der Waals surface area contributed by atoms with E-state index in [-0.39, 0.29) is 5.91 Å². The van der Waals surface area contributed by atoms with Crippen molar-refractivity contribution in [2.75, 3.05) is 17.7 Å². The standard InChI is InChI=1S/C23H21NO3S/c1-28(26,27)21-13-14-22-20(16-21)8-5-15-24(22)23(25)19-11-9-18(10-12-19)17-6-3-2-4-7-17/h2-4,6-7,9-14,16H,5,8,15H2,1H3. The van der Waals surface area contributed by atoms with Crippen LogP contribution in [0.1, 0.15) is 22.3 Å². The molecule has 1 heterocycles. The predicted molar refractivity (Wildman–Crippen MR) is 111 cm³/mol. The minimum Gasteiger partial charge on any atom is -0.308 e. The molecule has 0 N–H and O–H groups in total. The Morgan fingerprint density at radius 1 is 0.893 bits per heavy atom. The molecule has 0 saturated heterocycles. The number of anilines is 1. The lowest BCUT2D eigenvalue weighted by molar-refractivity contribution is 0.0985. The lowest BCUT2D eigenvalue weighted by atomic mass is 10.00. The molecule has 0 aromatic heterocycles. The largest absolute Gasteiger partial charge is 0.308 e. The Bertz CT molecular complexity index is 1120. The molecule has 1 aliphatic heterocycles. The second-order valence-corrected chi connectivity index (χ2v) is 9.08.